The van der Waals surface area contributed by atoms with Gasteiger partial charge in [-0.05, 0) is 72.3 Å². The molecule has 4 heterocycles. The van der Waals surface area contributed by atoms with E-state index >= 15 is 0 Å². The first-order valence-corrected chi connectivity index (χ1v) is 17.8. The van der Waals surface area contributed by atoms with Crippen molar-refractivity contribution in [2.24, 2.45) is 0 Å². The van der Waals surface area contributed by atoms with Gasteiger partial charge in [-0.25, -0.2) is 0 Å². The van der Waals surface area contributed by atoms with Crippen LogP contribution >= 0.6 is 0 Å². The monoisotopic (exact) mass is 680 g/mol. The van der Waals surface area contributed by atoms with E-state index < -0.39 is 0 Å². The predicted octanol–water partition coefficient (Wildman–Crippen LogP) is 13.3. The van der Waals surface area contributed by atoms with Crippen molar-refractivity contribution in [1.82, 2.24) is 9.13 Å². The smallest absolute Gasteiger partial charge is 0.194 e. The molecular formula is C48H28N2O3. The summed E-state index contributed by atoms with van der Waals surface area (Å²) in [6.45, 7) is 0. The average Bonchev–Trinajstić information content (AvgIpc) is 3.88. The number of ether oxygens (including phenoxy) is 2. The molecule has 3 aromatic heterocycles. The summed E-state index contributed by atoms with van der Waals surface area (Å²) in [5.41, 5.74) is 10.5. The summed E-state index contributed by atoms with van der Waals surface area (Å²) in [5.74, 6) is 2.82. The number of aromatic nitrogens is 2. The van der Waals surface area contributed by atoms with Crippen LogP contribution < -0.4 is 9.47 Å². The highest BCUT2D eigenvalue weighted by Crippen LogP contribution is 2.52. The van der Waals surface area contributed by atoms with E-state index in [-0.39, 0.29) is 0 Å². The van der Waals surface area contributed by atoms with E-state index in [4.69, 9.17) is 13.9 Å². The number of benzene rings is 8. The summed E-state index contributed by atoms with van der Waals surface area (Å²) >= 11 is 0. The van der Waals surface area contributed by atoms with Gasteiger partial charge in [0.25, 0.3) is 0 Å². The molecule has 0 N–H and O–H groups in total. The van der Waals surface area contributed by atoms with E-state index in [9.17, 15) is 0 Å². The molecule has 8 aromatic carbocycles. The van der Waals surface area contributed by atoms with Gasteiger partial charge in [0.05, 0.1) is 16.6 Å². The van der Waals surface area contributed by atoms with Crippen molar-refractivity contribution in [2.75, 3.05) is 0 Å². The molecule has 0 radical (unpaired) electrons. The van der Waals surface area contributed by atoms with Gasteiger partial charge in [0.1, 0.15) is 16.7 Å². The first kappa shape index (κ1) is 28.5. The lowest BCUT2D eigenvalue weighted by Gasteiger charge is -2.22. The van der Waals surface area contributed by atoms with Crippen LogP contribution in [0, 0.1) is 0 Å². The van der Waals surface area contributed by atoms with E-state index in [1.54, 1.807) is 0 Å². The quantitative estimate of drug-likeness (QED) is 0.186. The SMILES string of the molecule is c1ccc(-n2c3ccc4c5ccccc5n(-c5ccc(-c6cccc7c6oc6ccccc67)cc5)c4c3c3ccc4c(c32)Oc2ccccc2O4)cc1. The molecule has 0 spiro atoms. The molecule has 0 saturated carbocycles. The maximum absolute atomic E-state index is 6.71. The molecule has 0 saturated heterocycles. The van der Waals surface area contributed by atoms with E-state index in [1.165, 1.54) is 10.8 Å². The van der Waals surface area contributed by atoms with E-state index in [1.807, 2.05) is 42.5 Å². The summed E-state index contributed by atoms with van der Waals surface area (Å²) in [6, 6.07) is 59.3. The van der Waals surface area contributed by atoms with Crippen LogP contribution in [0.1, 0.15) is 0 Å². The third kappa shape index (κ3) is 3.96. The van der Waals surface area contributed by atoms with Crippen molar-refractivity contribution in [2.45, 2.75) is 0 Å². The van der Waals surface area contributed by atoms with Crippen molar-refractivity contribution in [1.29, 1.82) is 0 Å². The van der Waals surface area contributed by atoms with Crippen molar-refractivity contribution in [3.8, 4) is 45.5 Å². The molecular weight excluding hydrogens is 653 g/mol. The normalized spacial score (nSPS) is 12.5. The van der Waals surface area contributed by atoms with Gasteiger partial charge in [-0.15, -0.1) is 0 Å². The second-order valence-corrected chi connectivity index (χ2v) is 13.6. The molecule has 0 amide bonds. The summed E-state index contributed by atoms with van der Waals surface area (Å²) in [5, 5.41) is 6.89. The zero-order valence-electron chi connectivity index (χ0n) is 28.3. The number of nitrogens with zero attached hydrogens (tertiary/aromatic N) is 2. The Balaban J connectivity index is 1.14. The highest BCUT2D eigenvalue weighted by Gasteiger charge is 2.28. The van der Waals surface area contributed by atoms with Crippen LogP contribution in [0.4, 0.5) is 0 Å². The lowest BCUT2D eigenvalue weighted by atomic mass is 10.0. The van der Waals surface area contributed by atoms with Gasteiger partial charge in [-0.3, -0.25) is 0 Å². The molecule has 5 heteroatoms. The number of fused-ring (bicyclic) bond motifs is 13. The first-order chi connectivity index (χ1) is 26.3. The second kappa shape index (κ2) is 10.6. The molecule has 1 aliphatic heterocycles. The minimum absolute atomic E-state index is 0.697. The number of furan rings is 1. The van der Waals surface area contributed by atoms with E-state index in [2.05, 4.69) is 137 Å². The van der Waals surface area contributed by atoms with Crippen LogP contribution in [0.5, 0.6) is 23.0 Å². The highest BCUT2D eigenvalue weighted by molar-refractivity contribution is 6.27. The Kier molecular flexibility index (Phi) is 5.71. The molecule has 0 atom stereocenters. The number of hydrogen-bond acceptors (Lipinski definition) is 3. The number of para-hydroxylation sites is 6. The molecule has 0 unspecified atom stereocenters. The minimum atomic E-state index is 0.697. The number of hydrogen-bond donors (Lipinski definition) is 0. The van der Waals surface area contributed by atoms with Crippen LogP contribution in [0.25, 0.3) is 88.1 Å². The Morgan fingerprint density at radius 3 is 1.92 bits per heavy atom. The molecule has 12 rings (SSSR count). The van der Waals surface area contributed by atoms with E-state index in [0.29, 0.717) is 23.0 Å². The fourth-order valence-electron chi connectivity index (χ4n) is 8.50. The Hall–Kier alpha value is -7.24. The molecule has 53 heavy (non-hydrogen) atoms. The lowest BCUT2D eigenvalue weighted by Crippen LogP contribution is -2.01. The average molecular weight is 681 g/mol. The molecule has 0 bridgehead atoms. The fourth-order valence-corrected chi connectivity index (χ4v) is 8.50. The largest absolute Gasteiger partial charge is 0.455 e. The maximum Gasteiger partial charge on any atom is 0.194 e. The van der Waals surface area contributed by atoms with Crippen LogP contribution in [0.2, 0.25) is 0 Å². The minimum Gasteiger partial charge on any atom is -0.455 e. The first-order valence-electron chi connectivity index (χ1n) is 17.8. The molecule has 248 valence electrons. The summed E-state index contributed by atoms with van der Waals surface area (Å²) in [4.78, 5) is 0. The van der Waals surface area contributed by atoms with Crippen LogP contribution in [-0.2, 0) is 0 Å². The van der Waals surface area contributed by atoms with Crippen molar-refractivity contribution < 1.29 is 13.9 Å². The van der Waals surface area contributed by atoms with Gasteiger partial charge in [0, 0.05) is 49.3 Å². The van der Waals surface area contributed by atoms with Gasteiger partial charge in [0.15, 0.2) is 23.0 Å². The van der Waals surface area contributed by atoms with Gasteiger partial charge in [0.2, 0.25) is 0 Å². The molecule has 1 aliphatic rings. The van der Waals surface area contributed by atoms with Crippen LogP contribution in [0.3, 0.4) is 0 Å². The third-order valence-electron chi connectivity index (χ3n) is 10.8. The van der Waals surface area contributed by atoms with Crippen molar-refractivity contribution in [3.63, 3.8) is 0 Å². The summed E-state index contributed by atoms with van der Waals surface area (Å²) in [6.07, 6.45) is 0. The van der Waals surface area contributed by atoms with Crippen molar-refractivity contribution in [3.05, 3.63) is 170 Å². The summed E-state index contributed by atoms with van der Waals surface area (Å²) in [7, 11) is 0. The standard InChI is InChI=1S/C48H28N2O3/c1-2-11-30(12-3-1)50-39-27-25-35-33-13-4-6-17-38(33)49(45(35)44(39)37-26-28-43-48(46(37)50)53-42-20-9-8-19-41(42)51-43)31-23-21-29(22-24-31)32-15-10-16-36-34-14-5-7-18-40(34)52-47(32)36/h1-28H. The molecule has 0 fully saturated rings. The highest BCUT2D eigenvalue weighted by atomic mass is 16.6. The predicted molar refractivity (Wildman–Crippen MR) is 214 cm³/mol. The summed E-state index contributed by atoms with van der Waals surface area (Å²) < 4.78 is 24.3. The third-order valence-corrected chi connectivity index (χ3v) is 10.8. The zero-order chi connectivity index (χ0) is 34.6. The van der Waals surface area contributed by atoms with E-state index in [0.717, 1.165) is 77.3 Å². The maximum atomic E-state index is 6.71. The van der Waals surface area contributed by atoms with Gasteiger partial charge >= 0.3 is 0 Å². The molecule has 5 nitrogen and oxygen atoms in total. The zero-order valence-corrected chi connectivity index (χ0v) is 28.3. The second-order valence-electron chi connectivity index (χ2n) is 13.6. The van der Waals surface area contributed by atoms with Gasteiger partial charge in [-0.1, -0.05) is 103 Å². The van der Waals surface area contributed by atoms with Gasteiger partial charge in [-0.2, -0.15) is 0 Å². The topological polar surface area (TPSA) is 41.5 Å². The van der Waals surface area contributed by atoms with Crippen LogP contribution in [-0.4, -0.2) is 9.13 Å². The molecule has 0 aliphatic carbocycles. The molecule has 11 aromatic rings. The Labute approximate surface area is 303 Å². The number of rotatable bonds is 3. The Morgan fingerprint density at radius 1 is 0.377 bits per heavy atom. The fraction of sp³-hybridized carbons (Fsp3) is 0. The van der Waals surface area contributed by atoms with Gasteiger partial charge < -0.3 is 23.0 Å². The lowest BCUT2D eigenvalue weighted by molar-refractivity contribution is 0.362. The van der Waals surface area contributed by atoms with Crippen molar-refractivity contribution >= 4 is 65.6 Å². The van der Waals surface area contributed by atoms with Crippen LogP contribution in [0.15, 0.2) is 174 Å². The Morgan fingerprint density at radius 2 is 1.06 bits per heavy atom. The Bertz CT molecular complexity index is 3280.